The highest BCUT2D eigenvalue weighted by molar-refractivity contribution is 7.92. The third kappa shape index (κ3) is 3.45. The van der Waals surface area contributed by atoms with Gasteiger partial charge in [-0.3, -0.25) is 4.72 Å². The highest BCUT2D eigenvalue weighted by Crippen LogP contribution is 2.22. The number of hydrogen-bond acceptors (Lipinski definition) is 5. The van der Waals surface area contributed by atoms with Gasteiger partial charge in [0.2, 0.25) is 0 Å². The van der Waals surface area contributed by atoms with Gasteiger partial charge in [-0.15, -0.1) is 0 Å². The minimum Gasteiger partial charge on any atom is -0.383 e. The van der Waals surface area contributed by atoms with Crippen molar-refractivity contribution in [2.75, 3.05) is 16.6 Å². The molecular weight excluding hydrogens is 282 g/mol. The number of thiophene rings is 1. The fourth-order valence-corrected chi connectivity index (χ4v) is 3.35. The summed E-state index contributed by atoms with van der Waals surface area (Å²) in [5.74, 6) is 0. The molecule has 0 fully saturated rings. The van der Waals surface area contributed by atoms with Crippen LogP contribution >= 0.6 is 11.3 Å². The molecule has 0 aliphatic rings. The summed E-state index contributed by atoms with van der Waals surface area (Å²) >= 11 is 1.43. The first-order valence-corrected chi connectivity index (χ1v) is 8.30. The van der Waals surface area contributed by atoms with Gasteiger partial charge in [-0.05, 0) is 30.0 Å². The second kappa shape index (κ2) is 6.03. The van der Waals surface area contributed by atoms with E-state index in [0.29, 0.717) is 17.9 Å². The minimum absolute atomic E-state index is 0.0228. The molecule has 7 heteroatoms. The number of aromatic nitrogens is 1. The van der Waals surface area contributed by atoms with E-state index in [0.717, 1.165) is 6.42 Å². The zero-order chi connectivity index (χ0) is 13.7. The molecule has 0 aromatic carbocycles. The van der Waals surface area contributed by atoms with Crippen LogP contribution < -0.4 is 10.0 Å². The van der Waals surface area contributed by atoms with Crippen molar-refractivity contribution in [2.24, 2.45) is 0 Å². The summed E-state index contributed by atoms with van der Waals surface area (Å²) in [4.78, 5) is 3.97. The molecular formula is C12H15N3O2S2. The molecule has 0 radical (unpaired) electrons. The predicted molar refractivity (Wildman–Crippen MR) is 78.1 cm³/mol. The first-order chi connectivity index (χ1) is 9.13. The third-order valence-electron chi connectivity index (χ3n) is 2.36. The van der Waals surface area contributed by atoms with Crippen LogP contribution in [0.3, 0.4) is 0 Å². The van der Waals surface area contributed by atoms with Crippen molar-refractivity contribution in [3.63, 3.8) is 0 Å². The Morgan fingerprint density at radius 1 is 1.37 bits per heavy atom. The summed E-state index contributed by atoms with van der Waals surface area (Å²) in [5, 5.41) is 6.64. The van der Waals surface area contributed by atoms with Crippen LogP contribution in [-0.4, -0.2) is 19.9 Å². The van der Waals surface area contributed by atoms with Gasteiger partial charge in [-0.1, -0.05) is 6.92 Å². The van der Waals surface area contributed by atoms with E-state index in [1.807, 2.05) is 12.3 Å². The zero-order valence-corrected chi connectivity index (χ0v) is 12.1. The average Bonchev–Trinajstić information content (AvgIpc) is 2.88. The smallest absolute Gasteiger partial charge is 0.281 e. The van der Waals surface area contributed by atoms with Crippen molar-refractivity contribution in [2.45, 2.75) is 18.4 Å². The Bertz CT molecular complexity index is 624. The number of rotatable bonds is 6. The summed E-state index contributed by atoms with van der Waals surface area (Å²) in [5.41, 5.74) is 1.07. The van der Waals surface area contributed by atoms with E-state index in [1.54, 1.807) is 23.6 Å². The molecule has 2 aromatic rings. The van der Waals surface area contributed by atoms with Crippen LogP contribution in [-0.2, 0) is 10.0 Å². The highest BCUT2D eigenvalue weighted by Gasteiger charge is 2.20. The van der Waals surface area contributed by atoms with Crippen molar-refractivity contribution in [3.8, 4) is 0 Å². The third-order valence-corrected chi connectivity index (χ3v) is 4.39. The standard InChI is InChI=1S/C12H15N3O2S2/c1-2-6-13-11-4-3-7-14-12(11)19(16,17)15-10-5-8-18-9-10/h3-5,7-9,13,15H,2,6H2,1H3. The lowest BCUT2D eigenvalue weighted by Gasteiger charge is -2.11. The average molecular weight is 297 g/mol. The van der Waals surface area contributed by atoms with E-state index < -0.39 is 10.0 Å². The maximum Gasteiger partial charge on any atom is 0.281 e. The lowest BCUT2D eigenvalue weighted by Crippen LogP contribution is -2.16. The molecule has 0 atom stereocenters. The Morgan fingerprint density at radius 2 is 2.21 bits per heavy atom. The molecule has 2 rings (SSSR count). The van der Waals surface area contributed by atoms with Crippen LogP contribution in [0.1, 0.15) is 13.3 Å². The molecule has 2 N–H and O–H groups in total. The van der Waals surface area contributed by atoms with Crippen LogP contribution in [0.15, 0.2) is 40.2 Å². The van der Waals surface area contributed by atoms with Gasteiger partial charge >= 0.3 is 0 Å². The van der Waals surface area contributed by atoms with Crippen LogP contribution in [0.2, 0.25) is 0 Å². The van der Waals surface area contributed by atoms with Crippen molar-refractivity contribution >= 4 is 32.7 Å². The quantitative estimate of drug-likeness (QED) is 0.860. The van der Waals surface area contributed by atoms with Gasteiger partial charge in [0, 0.05) is 18.1 Å². The van der Waals surface area contributed by atoms with E-state index in [4.69, 9.17) is 0 Å². The molecule has 0 bridgehead atoms. The fourth-order valence-electron chi connectivity index (χ4n) is 1.53. The number of hydrogen-bond donors (Lipinski definition) is 2. The van der Waals surface area contributed by atoms with Crippen molar-refractivity contribution in [1.29, 1.82) is 0 Å². The molecule has 0 aliphatic carbocycles. The maximum atomic E-state index is 12.3. The summed E-state index contributed by atoms with van der Waals surface area (Å²) in [6.07, 6.45) is 2.38. The SMILES string of the molecule is CCCNc1cccnc1S(=O)(=O)Nc1ccsc1. The van der Waals surface area contributed by atoms with Crippen LogP contribution in [0.4, 0.5) is 11.4 Å². The molecule has 0 unspecified atom stereocenters. The molecule has 2 aromatic heterocycles. The van der Waals surface area contributed by atoms with E-state index in [1.165, 1.54) is 17.5 Å². The second-order valence-corrected chi connectivity index (χ2v) is 6.28. The van der Waals surface area contributed by atoms with Crippen LogP contribution in [0, 0.1) is 0 Å². The highest BCUT2D eigenvalue weighted by atomic mass is 32.2. The van der Waals surface area contributed by atoms with Gasteiger partial charge in [0.25, 0.3) is 10.0 Å². The predicted octanol–water partition coefficient (Wildman–Crippen LogP) is 2.77. The van der Waals surface area contributed by atoms with Gasteiger partial charge in [-0.2, -0.15) is 19.8 Å². The van der Waals surface area contributed by atoms with Gasteiger partial charge in [-0.25, -0.2) is 4.98 Å². The summed E-state index contributed by atoms with van der Waals surface area (Å²) in [7, 11) is -3.66. The second-order valence-electron chi connectivity index (χ2n) is 3.90. The minimum atomic E-state index is -3.66. The molecule has 5 nitrogen and oxygen atoms in total. The molecule has 19 heavy (non-hydrogen) atoms. The van der Waals surface area contributed by atoms with Crippen molar-refractivity contribution < 1.29 is 8.42 Å². The Kier molecular flexibility index (Phi) is 4.39. The number of pyridine rings is 1. The molecule has 0 amide bonds. The molecule has 0 saturated heterocycles. The van der Waals surface area contributed by atoms with Gasteiger partial charge in [0.15, 0.2) is 5.03 Å². The van der Waals surface area contributed by atoms with E-state index >= 15 is 0 Å². The zero-order valence-electron chi connectivity index (χ0n) is 10.5. The number of anilines is 2. The molecule has 102 valence electrons. The van der Waals surface area contributed by atoms with E-state index in [9.17, 15) is 8.42 Å². The Balaban J connectivity index is 2.29. The normalized spacial score (nSPS) is 11.2. The van der Waals surface area contributed by atoms with Crippen molar-refractivity contribution in [3.05, 3.63) is 35.2 Å². The molecule has 2 heterocycles. The topological polar surface area (TPSA) is 71.1 Å². The van der Waals surface area contributed by atoms with E-state index in [-0.39, 0.29) is 5.03 Å². The molecule has 0 saturated carbocycles. The van der Waals surface area contributed by atoms with Gasteiger partial charge in [0.1, 0.15) is 0 Å². The lowest BCUT2D eigenvalue weighted by atomic mass is 10.4. The number of nitrogens with zero attached hydrogens (tertiary/aromatic N) is 1. The Morgan fingerprint density at radius 3 is 2.89 bits per heavy atom. The summed E-state index contributed by atoms with van der Waals surface area (Å²) in [6, 6.07) is 5.14. The summed E-state index contributed by atoms with van der Waals surface area (Å²) < 4.78 is 27.1. The fraction of sp³-hybridized carbons (Fsp3) is 0.250. The number of nitrogens with one attached hydrogen (secondary N) is 2. The summed E-state index contributed by atoms with van der Waals surface area (Å²) in [6.45, 7) is 2.72. The Hall–Kier alpha value is -1.60. The largest absolute Gasteiger partial charge is 0.383 e. The Labute approximate surface area is 116 Å². The van der Waals surface area contributed by atoms with Crippen molar-refractivity contribution in [1.82, 2.24) is 4.98 Å². The first kappa shape index (κ1) is 13.8. The van der Waals surface area contributed by atoms with E-state index in [2.05, 4.69) is 15.0 Å². The molecule has 0 aliphatic heterocycles. The van der Waals surface area contributed by atoms with Crippen LogP contribution in [0.5, 0.6) is 0 Å². The molecule has 0 spiro atoms. The van der Waals surface area contributed by atoms with Gasteiger partial charge < -0.3 is 5.32 Å². The maximum absolute atomic E-state index is 12.3. The first-order valence-electron chi connectivity index (χ1n) is 5.87. The monoisotopic (exact) mass is 297 g/mol. The van der Waals surface area contributed by atoms with Gasteiger partial charge in [0.05, 0.1) is 11.4 Å². The lowest BCUT2D eigenvalue weighted by molar-refractivity contribution is 0.598. The number of sulfonamides is 1. The van der Waals surface area contributed by atoms with Crippen LogP contribution in [0.25, 0.3) is 0 Å².